The van der Waals surface area contributed by atoms with Crippen molar-refractivity contribution in [2.45, 2.75) is 12.5 Å². The number of aromatic nitrogens is 2. The van der Waals surface area contributed by atoms with E-state index < -0.39 is 6.04 Å². The Morgan fingerprint density at radius 1 is 0.919 bits per heavy atom. The molecule has 3 heterocycles. The molecule has 1 fully saturated rings. The minimum atomic E-state index is -0.730. The standard InChI is InChI=1S/C28H29N5O2.2ClH/c34-27(24-7-6-22-10-14-30-25(22)20-24)31-26(23-4-2-1-3-5-23)28(35)33-18-16-32(17-19-33)15-11-21-8-12-29-13-9-21;;/h1-10,12-14,20,26,30H,11,15-19H2,(H,31,34);2*1H/t26-;;/m1../s1. The second kappa shape index (κ2) is 13.2. The molecule has 2 aromatic carbocycles. The summed E-state index contributed by atoms with van der Waals surface area (Å²) >= 11 is 0. The van der Waals surface area contributed by atoms with Crippen LogP contribution in [0.4, 0.5) is 0 Å². The molecular formula is C28H31Cl2N5O2. The summed E-state index contributed by atoms with van der Waals surface area (Å²) < 4.78 is 0. The fraction of sp³-hybridized carbons (Fsp3) is 0.250. The van der Waals surface area contributed by atoms with Gasteiger partial charge < -0.3 is 15.2 Å². The third-order valence-corrected chi connectivity index (χ3v) is 6.62. The highest BCUT2D eigenvalue weighted by molar-refractivity contribution is 6.00. The van der Waals surface area contributed by atoms with Crippen molar-refractivity contribution >= 4 is 47.5 Å². The van der Waals surface area contributed by atoms with E-state index in [9.17, 15) is 9.59 Å². The van der Waals surface area contributed by atoms with Gasteiger partial charge in [0.2, 0.25) is 5.91 Å². The summed E-state index contributed by atoms with van der Waals surface area (Å²) in [6, 6.07) is 20.3. The molecule has 9 heteroatoms. The first kappa shape index (κ1) is 28.2. The summed E-state index contributed by atoms with van der Waals surface area (Å²) in [4.78, 5) is 38.2. The third kappa shape index (κ3) is 6.89. The van der Waals surface area contributed by atoms with Crippen molar-refractivity contribution in [1.82, 2.24) is 25.1 Å². The van der Waals surface area contributed by atoms with Crippen molar-refractivity contribution in [3.63, 3.8) is 0 Å². The number of amides is 2. The van der Waals surface area contributed by atoms with Crippen LogP contribution in [-0.4, -0.2) is 64.3 Å². The first-order chi connectivity index (χ1) is 17.2. The summed E-state index contributed by atoms with van der Waals surface area (Å²) in [6.07, 6.45) is 6.45. The smallest absolute Gasteiger partial charge is 0.252 e. The van der Waals surface area contributed by atoms with Gasteiger partial charge in [-0.3, -0.25) is 19.5 Å². The molecule has 1 atom stereocenters. The molecule has 0 spiro atoms. The number of halogens is 2. The zero-order valence-corrected chi connectivity index (χ0v) is 22.0. The molecule has 0 saturated carbocycles. The Hall–Kier alpha value is -3.39. The predicted molar refractivity (Wildman–Crippen MR) is 150 cm³/mol. The van der Waals surface area contributed by atoms with Gasteiger partial charge in [0, 0.05) is 62.4 Å². The highest BCUT2D eigenvalue weighted by Gasteiger charge is 2.30. The Balaban J connectivity index is 0.00000190. The summed E-state index contributed by atoms with van der Waals surface area (Å²) in [5, 5.41) is 4.04. The molecular weight excluding hydrogens is 509 g/mol. The maximum absolute atomic E-state index is 13.6. The van der Waals surface area contributed by atoms with E-state index in [0.717, 1.165) is 42.5 Å². The normalized spacial score (nSPS) is 14.3. The molecule has 0 unspecified atom stereocenters. The lowest BCUT2D eigenvalue weighted by atomic mass is 10.0. The van der Waals surface area contributed by atoms with Crippen LogP contribution in [-0.2, 0) is 11.2 Å². The van der Waals surface area contributed by atoms with E-state index in [0.29, 0.717) is 18.7 Å². The number of piperazine rings is 1. The second-order valence-electron chi connectivity index (χ2n) is 8.87. The first-order valence-corrected chi connectivity index (χ1v) is 12.0. The number of H-pyrrole nitrogens is 1. The van der Waals surface area contributed by atoms with E-state index in [2.05, 4.69) is 20.2 Å². The van der Waals surface area contributed by atoms with Crippen LogP contribution in [0.3, 0.4) is 0 Å². The first-order valence-electron chi connectivity index (χ1n) is 12.0. The zero-order valence-electron chi connectivity index (χ0n) is 20.4. The molecule has 2 amide bonds. The van der Waals surface area contributed by atoms with Crippen molar-refractivity contribution in [3.05, 3.63) is 102 Å². The Labute approximate surface area is 229 Å². The third-order valence-electron chi connectivity index (χ3n) is 6.62. The lowest BCUT2D eigenvalue weighted by molar-refractivity contribution is -0.135. The molecule has 1 aliphatic heterocycles. The summed E-state index contributed by atoms with van der Waals surface area (Å²) in [5.74, 6) is -0.334. The summed E-state index contributed by atoms with van der Waals surface area (Å²) in [6.45, 7) is 3.86. The van der Waals surface area contributed by atoms with E-state index in [1.807, 2.05) is 84.2 Å². The Morgan fingerprint density at radius 3 is 2.38 bits per heavy atom. The fourth-order valence-corrected chi connectivity index (χ4v) is 4.55. The molecule has 0 bridgehead atoms. The van der Waals surface area contributed by atoms with E-state index in [4.69, 9.17) is 0 Å². The fourth-order valence-electron chi connectivity index (χ4n) is 4.55. The van der Waals surface area contributed by atoms with Gasteiger partial charge in [-0.05, 0) is 53.3 Å². The maximum Gasteiger partial charge on any atom is 0.252 e. The van der Waals surface area contributed by atoms with E-state index in [1.165, 1.54) is 5.56 Å². The van der Waals surface area contributed by atoms with E-state index >= 15 is 0 Å². The second-order valence-corrected chi connectivity index (χ2v) is 8.87. The molecule has 4 aromatic rings. The van der Waals surface area contributed by atoms with Gasteiger partial charge in [-0.25, -0.2) is 0 Å². The highest BCUT2D eigenvalue weighted by Crippen LogP contribution is 2.20. The topological polar surface area (TPSA) is 81.3 Å². The molecule has 37 heavy (non-hydrogen) atoms. The number of nitrogens with one attached hydrogen (secondary N) is 2. The van der Waals surface area contributed by atoms with Crippen LogP contribution < -0.4 is 5.32 Å². The Kier molecular flexibility index (Phi) is 10.1. The molecule has 1 aliphatic rings. The maximum atomic E-state index is 13.6. The average molecular weight is 540 g/mol. The average Bonchev–Trinajstić information content (AvgIpc) is 3.39. The van der Waals surface area contributed by atoms with Crippen molar-refractivity contribution in [2.75, 3.05) is 32.7 Å². The van der Waals surface area contributed by atoms with Gasteiger partial charge in [-0.2, -0.15) is 0 Å². The number of rotatable bonds is 7. The minimum Gasteiger partial charge on any atom is -0.361 e. The van der Waals surface area contributed by atoms with E-state index in [1.54, 1.807) is 6.07 Å². The number of nitrogens with zero attached hydrogens (tertiary/aromatic N) is 3. The summed E-state index contributed by atoms with van der Waals surface area (Å²) in [7, 11) is 0. The van der Waals surface area contributed by atoms with Crippen LogP contribution in [0.15, 0.2) is 85.3 Å². The molecule has 1 saturated heterocycles. The number of fused-ring (bicyclic) bond motifs is 1. The number of pyridine rings is 1. The van der Waals surface area contributed by atoms with Crippen LogP contribution >= 0.6 is 24.8 Å². The van der Waals surface area contributed by atoms with Crippen molar-refractivity contribution in [1.29, 1.82) is 0 Å². The van der Waals surface area contributed by atoms with Gasteiger partial charge in [-0.1, -0.05) is 36.4 Å². The SMILES string of the molecule is Cl.Cl.O=C(N[C@@H](C(=O)N1CCN(CCc2ccncc2)CC1)c1ccccc1)c1ccc2cc[nH]c2c1. The monoisotopic (exact) mass is 539 g/mol. The van der Waals surface area contributed by atoms with Gasteiger partial charge in [0.1, 0.15) is 6.04 Å². The lowest BCUT2D eigenvalue weighted by Gasteiger charge is -2.36. The van der Waals surface area contributed by atoms with Gasteiger partial charge in [-0.15, -0.1) is 24.8 Å². The minimum absolute atomic E-state index is 0. The number of hydrogen-bond acceptors (Lipinski definition) is 4. The quantitative estimate of drug-likeness (QED) is 0.367. The molecule has 2 N–H and O–H groups in total. The zero-order chi connectivity index (χ0) is 24.0. The lowest BCUT2D eigenvalue weighted by Crippen LogP contribution is -2.52. The van der Waals surface area contributed by atoms with Crippen LogP contribution in [0.1, 0.15) is 27.5 Å². The van der Waals surface area contributed by atoms with Crippen molar-refractivity contribution < 1.29 is 9.59 Å². The van der Waals surface area contributed by atoms with Crippen molar-refractivity contribution in [2.24, 2.45) is 0 Å². The van der Waals surface area contributed by atoms with Gasteiger partial charge in [0.05, 0.1) is 0 Å². The number of aromatic amines is 1. The molecule has 5 rings (SSSR count). The van der Waals surface area contributed by atoms with Crippen LogP contribution in [0.2, 0.25) is 0 Å². The van der Waals surface area contributed by atoms with Crippen molar-refractivity contribution in [3.8, 4) is 0 Å². The predicted octanol–water partition coefficient (Wildman–Crippen LogP) is 4.26. The number of hydrogen-bond donors (Lipinski definition) is 2. The number of carbonyl (C=O) groups is 2. The molecule has 0 radical (unpaired) electrons. The Bertz CT molecular complexity index is 1290. The van der Waals surface area contributed by atoms with Crippen LogP contribution in [0.25, 0.3) is 10.9 Å². The largest absolute Gasteiger partial charge is 0.361 e. The summed E-state index contributed by atoms with van der Waals surface area (Å²) in [5.41, 5.74) is 3.47. The molecule has 0 aliphatic carbocycles. The van der Waals surface area contributed by atoms with E-state index in [-0.39, 0.29) is 36.6 Å². The van der Waals surface area contributed by atoms with Crippen LogP contribution in [0.5, 0.6) is 0 Å². The Morgan fingerprint density at radius 2 is 1.65 bits per heavy atom. The molecule has 194 valence electrons. The number of benzene rings is 2. The van der Waals surface area contributed by atoms with Gasteiger partial charge in [0.25, 0.3) is 5.91 Å². The molecule has 7 nitrogen and oxygen atoms in total. The highest BCUT2D eigenvalue weighted by atomic mass is 35.5. The molecule has 2 aromatic heterocycles. The van der Waals surface area contributed by atoms with Crippen LogP contribution in [0, 0.1) is 0 Å². The van der Waals surface area contributed by atoms with Gasteiger partial charge >= 0.3 is 0 Å². The van der Waals surface area contributed by atoms with Gasteiger partial charge in [0.15, 0.2) is 0 Å². The number of carbonyl (C=O) groups excluding carboxylic acids is 2.